The van der Waals surface area contributed by atoms with E-state index in [1.807, 2.05) is 0 Å². The van der Waals surface area contributed by atoms with Crippen LogP contribution in [0.2, 0.25) is 0 Å². The molecule has 5 N–H and O–H groups in total. The van der Waals surface area contributed by atoms with E-state index in [-0.39, 0.29) is 0 Å². The Kier molecular flexibility index (Phi) is 2.97. The maximum Gasteiger partial charge on any atom is 0.335 e. The van der Waals surface area contributed by atoms with Crippen molar-refractivity contribution >= 4 is 11.9 Å². The van der Waals surface area contributed by atoms with Gasteiger partial charge in [-0.2, -0.15) is 0 Å². The predicted octanol–water partition coefficient (Wildman–Crippen LogP) is -2.10. The molecular formula is C5H10N2O4. The Hall–Kier alpha value is -1.14. The van der Waals surface area contributed by atoms with Gasteiger partial charge in [0.05, 0.1) is 6.61 Å². The van der Waals surface area contributed by atoms with Crippen LogP contribution in [0.25, 0.3) is 0 Å². The van der Waals surface area contributed by atoms with Gasteiger partial charge in [0, 0.05) is 7.11 Å². The van der Waals surface area contributed by atoms with Crippen molar-refractivity contribution in [2.45, 2.75) is 5.54 Å². The van der Waals surface area contributed by atoms with Crippen LogP contribution in [0, 0.1) is 0 Å². The molecule has 0 aliphatic rings. The van der Waals surface area contributed by atoms with Gasteiger partial charge < -0.3 is 21.3 Å². The molecule has 0 saturated carbocycles. The van der Waals surface area contributed by atoms with E-state index in [2.05, 4.69) is 4.74 Å². The van der Waals surface area contributed by atoms with Crippen LogP contribution in [0.5, 0.6) is 0 Å². The maximum absolute atomic E-state index is 10.5. The quantitative estimate of drug-likeness (QED) is 0.409. The maximum atomic E-state index is 10.5. The van der Waals surface area contributed by atoms with E-state index in [0.717, 1.165) is 0 Å². The minimum atomic E-state index is -2.12. The number of carboxylic acids is 1. The van der Waals surface area contributed by atoms with E-state index in [0.29, 0.717) is 0 Å². The highest BCUT2D eigenvalue weighted by molar-refractivity contribution is 6.05. The average Bonchev–Trinajstić information content (AvgIpc) is 1.87. The van der Waals surface area contributed by atoms with E-state index < -0.39 is 24.0 Å². The third-order valence-corrected chi connectivity index (χ3v) is 1.19. The van der Waals surface area contributed by atoms with Crippen molar-refractivity contribution in [3.63, 3.8) is 0 Å². The van der Waals surface area contributed by atoms with Crippen molar-refractivity contribution in [3.05, 3.63) is 0 Å². The second-order valence-corrected chi connectivity index (χ2v) is 2.07. The van der Waals surface area contributed by atoms with Crippen molar-refractivity contribution in [3.8, 4) is 0 Å². The Morgan fingerprint density at radius 3 is 2.18 bits per heavy atom. The van der Waals surface area contributed by atoms with Crippen molar-refractivity contribution in [1.82, 2.24) is 0 Å². The SMILES string of the molecule is COC[C@@](N)(C(N)=O)C(=O)O. The number of aliphatic carboxylic acids is 1. The van der Waals surface area contributed by atoms with Gasteiger partial charge in [-0.05, 0) is 0 Å². The highest BCUT2D eigenvalue weighted by Gasteiger charge is 2.40. The zero-order valence-corrected chi connectivity index (χ0v) is 6.03. The third kappa shape index (κ3) is 1.89. The molecule has 0 fully saturated rings. The van der Waals surface area contributed by atoms with Gasteiger partial charge in [-0.1, -0.05) is 0 Å². The number of hydrogen-bond donors (Lipinski definition) is 3. The highest BCUT2D eigenvalue weighted by Crippen LogP contribution is 1.99. The number of amides is 1. The van der Waals surface area contributed by atoms with Crippen molar-refractivity contribution < 1.29 is 19.4 Å². The van der Waals surface area contributed by atoms with E-state index in [1.165, 1.54) is 7.11 Å². The van der Waals surface area contributed by atoms with Crippen LogP contribution in [0.4, 0.5) is 0 Å². The van der Waals surface area contributed by atoms with Gasteiger partial charge in [0.2, 0.25) is 5.54 Å². The van der Waals surface area contributed by atoms with Gasteiger partial charge in [0.1, 0.15) is 0 Å². The number of hydrogen-bond acceptors (Lipinski definition) is 4. The summed E-state index contributed by atoms with van der Waals surface area (Å²) in [6.07, 6.45) is 0. The predicted molar refractivity (Wildman–Crippen MR) is 35.6 cm³/mol. The smallest absolute Gasteiger partial charge is 0.335 e. The zero-order chi connectivity index (χ0) is 9.07. The number of ether oxygens (including phenoxy) is 1. The third-order valence-electron chi connectivity index (χ3n) is 1.19. The first-order valence-electron chi connectivity index (χ1n) is 2.76. The standard InChI is InChI=1S/C5H10N2O4/c1-11-2-5(7,3(6)8)4(9)10/h2,7H2,1H3,(H2,6,8)(H,9,10)/t5-/m1/s1. The van der Waals surface area contributed by atoms with Gasteiger partial charge in [0.25, 0.3) is 5.91 Å². The van der Waals surface area contributed by atoms with Crippen molar-refractivity contribution in [1.29, 1.82) is 0 Å². The van der Waals surface area contributed by atoms with Crippen LogP contribution in [0.3, 0.4) is 0 Å². The Bertz CT molecular complexity index is 165. The van der Waals surface area contributed by atoms with E-state index in [4.69, 9.17) is 16.6 Å². The number of methoxy groups -OCH3 is 1. The zero-order valence-electron chi connectivity index (χ0n) is 6.03. The second-order valence-electron chi connectivity index (χ2n) is 2.07. The lowest BCUT2D eigenvalue weighted by molar-refractivity contribution is -0.150. The molecule has 0 bridgehead atoms. The number of primary amides is 1. The van der Waals surface area contributed by atoms with Gasteiger partial charge in [-0.25, -0.2) is 4.79 Å². The molecule has 64 valence electrons. The van der Waals surface area contributed by atoms with Gasteiger partial charge in [-0.3, -0.25) is 4.79 Å². The van der Waals surface area contributed by atoms with Crippen LogP contribution < -0.4 is 11.5 Å². The lowest BCUT2D eigenvalue weighted by Gasteiger charge is -2.18. The molecule has 0 unspecified atom stereocenters. The van der Waals surface area contributed by atoms with E-state index >= 15 is 0 Å². The van der Waals surface area contributed by atoms with E-state index in [9.17, 15) is 9.59 Å². The summed E-state index contributed by atoms with van der Waals surface area (Å²) in [4.78, 5) is 20.8. The molecule has 0 aliphatic heterocycles. The molecule has 0 radical (unpaired) electrons. The molecule has 0 aliphatic carbocycles. The molecule has 0 spiro atoms. The summed E-state index contributed by atoms with van der Waals surface area (Å²) in [5.41, 5.74) is 7.71. The van der Waals surface area contributed by atoms with Crippen molar-refractivity contribution in [2.24, 2.45) is 11.5 Å². The fourth-order valence-corrected chi connectivity index (χ4v) is 0.466. The summed E-state index contributed by atoms with van der Waals surface area (Å²) in [7, 11) is 1.23. The first kappa shape index (κ1) is 9.86. The summed E-state index contributed by atoms with van der Waals surface area (Å²) in [5, 5.41) is 8.43. The van der Waals surface area contributed by atoms with Crippen LogP contribution in [0.1, 0.15) is 0 Å². The minimum Gasteiger partial charge on any atom is -0.479 e. The van der Waals surface area contributed by atoms with Gasteiger partial charge in [-0.15, -0.1) is 0 Å². The first-order valence-corrected chi connectivity index (χ1v) is 2.76. The molecule has 0 saturated heterocycles. The topological polar surface area (TPSA) is 116 Å². The summed E-state index contributed by atoms with van der Waals surface area (Å²) in [6.45, 7) is -0.433. The molecule has 1 amide bonds. The largest absolute Gasteiger partial charge is 0.479 e. The summed E-state index contributed by atoms with van der Waals surface area (Å²) >= 11 is 0. The molecular weight excluding hydrogens is 152 g/mol. The normalized spacial score (nSPS) is 15.5. The van der Waals surface area contributed by atoms with Crippen LogP contribution in [-0.2, 0) is 14.3 Å². The Labute approximate surface area is 63.1 Å². The monoisotopic (exact) mass is 162 g/mol. The van der Waals surface area contributed by atoms with Crippen LogP contribution in [0.15, 0.2) is 0 Å². The molecule has 0 aromatic rings. The Morgan fingerprint density at radius 1 is 1.64 bits per heavy atom. The molecule has 0 rings (SSSR count). The molecule has 0 heterocycles. The summed E-state index contributed by atoms with van der Waals surface area (Å²) in [6, 6.07) is 0. The lowest BCUT2D eigenvalue weighted by Crippen LogP contribution is -2.61. The van der Waals surface area contributed by atoms with Crippen LogP contribution in [-0.4, -0.2) is 36.2 Å². The highest BCUT2D eigenvalue weighted by atomic mass is 16.5. The van der Waals surface area contributed by atoms with Gasteiger partial charge >= 0.3 is 5.97 Å². The average molecular weight is 162 g/mol. The minimum absolute atomic E-state index is 0.433. The second kappa shape index (κ2) is 3.31. The first-order chi connectivity index (χ1) is 4.95. The molecule has 0 aromatic heterocycles. The molecule has 0 aromatic carbocycles. The van der Waals surface area contributed by atoms with Gasteiger partial charge in [0.15, 0.2) is 0 Å². The van der Waals surface area contributed by atoms with Crippen LogP contribution >= 0.6 is 0 Å². The van der Waals surface area contributed by atoms with Crippen molar-refractivity contribution in [2.75, 3.05) is 13.7 Å². The lowest BCUT2D eigenvalue weighted by atomic mass is 10.0. The number of carbonyl (C=O) groups is 2. The number of nitrogens with two attached hydrogens (primary N) is 2. The Morgan fingerprint density at radius 2 is 2.09 bits per heavy atom. The van der Waals surface area contributed by atoms with E-state index in [1.54, 1.807) is 0 Å². The fourth-order valence-electron chi connectivity index (χ4n) is 0.466. The summed E-state index contributed by atoms with van der Waals surface area (Å²) in [5.74, 6) is -2.61. The number of carboxylic acid groups (broad SMARTS) is 1. The number of carbonyl (C=O) groups excluding carboxylic acids is 1. The fraction of sp³-hybridized carbons (Fsp3) is 0.600. The Balaban J connectivity index is 4.52. The summed E-state index contributed by atoms with van der Waals surface area (Å²) < 4.78 is 4.42. The number of rotatable bonds is 4. The molecule has 11 heavy (non-hydrogen) atoms. The molecule has 6 nitrogen and oxygen atoms in total. The molecule has 1 atom stereocenters. The molecule has 6 heteroatoms.